The van der Waals surface area contributed by atoms with Crippen LogP contribution in [0.4, 0.5) is 11.5 Å². The zero-order valence-corrected chi connectivity index (χ0v) is 17.4. The number of carbonyl (C=O) groups excluding carboxylic acids is 2. The van der Waals surface area contributed by atoms with Gasteiger partial charge in [-0.1, -0.05) is 6.92 Å². The van der Waals surface area contributed by atoms with Crippen LogP contribution in [0, 0.1) is 5.92 Å². The lowest BCUT2D eigenvalue weighted by Gasteiger charge is -2.31. The van der Waals surface area contributed by atoms with E-state index in [0.717, 1.165) is 30.0 Å². The van der Waals surface area contributed by atoms with E-state index in [1.54, 1.807) is 36.5 Å². The molecule has 1 aromatic carbocycles. The summed E-state index contributed by atoms with van der Waals surface area (Å²) in [6, 6.07) is 8.08. The number of fused-ring (bicyclic) bond motifs is 1. The van der Waals surface area contributed by atoms with Crippen molar-refractivity contribution in [3.63, 3.8) is 0 Å². The zero-order chi connectivity index (χ0) is 22.0. The topological polar surface area (TPSA) is 111 Å². The Morgan fingerprint density at radius 1 is 1.23 bits per heavy atom. The lowest BCUT2D eigenvalue weighted by atomic mass is 10.0. The zero-order valence-electron chi connectivity index (χ0n) is 17.4. The lowest BCUT2D eigenvalue weighted by molar-refractivity contribution is -0.117. The number of amides is 1. The number of hydrogen-bond donors (Lipinski definition) is 1. The second-order valence-corrected chi connectivity index (χ2v) is 7.71. The van der Waals surface area contributed by atoms with E-state index in [0.29, 0.717) is 17.2 Å². The van der Waals surface area contributed by atoms with Crippen molar-refractivity contribution in [2.45, 2.75) is 26.3 Å². The summed E-state index contributed by atoms with van der Waals surface area (Å²) in [6.07, 6.45) is 3.95. The van der Waals surface area contributed by atoms with Gasteiger partial charge in [0.1, 0.15) is 12.4 Å². The number of benzene rings is 1. The number of aromatic nitrogens is 4. The monoisotopic (exact) mass is 424 g/mol. The van der Waals surface area contributed by atoms with Gasteiger partial charge in [-0.15, -0.1) is 5.10 Å². The molecular formula is C21H24N6O4. The van der Waals surface area contributed by atoms with Crippen LogP contribution in [0.1, 0.15) is 30.1 Å². The van der Waals surface area contributed by atoms with Crippen LogP contribution >= 0.6 is 0 Å². The Morgan fingerprint density at radius 2 is 2.00 bits per heavy atom. The maximum Gasteiger partial charge on any atom is 0.352 e. The third-order valence-corrected chi connectivity index (χ3v) is 5.30. The Balaban J connectivity index is 1.47. The number of methoxy groups -OCH3 is 1. The highest BCUT2D eigenvalue weighted by atomic mass is 16.5. The molecule has 1 aliphatic rings. The van der Waals surface area contributed by atoms with E-state index in [2.05, 4.69) is 32.0 Å². The molecule has 1 amide bonds. The molecule has 162 valence electrons. The number of carbonyl (C=O) groups is 2. The largest absolute Gasteiger partial charge is 0.465 e. The molecule has 0 radical (unpaired) electrons. The van der Waals surface area contributed by atoms with Gasteiger partial charge < -0.3 is 15.0 Å². The molecule has 0 bridgehead atoms. The summed E-state index contributed by atoms with van der Waals surface area (Å²) in [7, 11) is 1.30. The molecule has 1 atom stereocenters. The number of hydrogen-bond acceptors (Lipinski definition) is 7. The van der Waals surface area contributed by atoms with E-state index in [1.165, 1.54) is 17.9 Å². The summed E-state index contributed by atoms with van der Waals surface area (Å²) in [6.45, 7) is 3.81. The van der Waals surface area contributed by atoms with Gasteiger partial charge in [-0.25, -0.2) is 18.7 Å². The number of anilines is 2. The molecule has 31 heavy (non-hydrogen) atoms. The molecule has 1 unspecified atom stereocenters. The number of rotatable bonds is 5. The smallest absolute Gasteiger partial charge is 0.352 e. The Hall–Kier alpha value is -3.69. The fourth-order valence-corrected chi connectivity index (χ4v) is 3.72. The molecule has 0 saturated carbocycles. The summed E-state index contributed by atoms with van der Waals surface area (Å²) in [5.41, 5.74) is 0.438. The molecule has 0 spiro atoms. The van der Waals surface area contributed by atoms with Gasteiger partial charge in [-0.3, -0.25) is 4.79 Å². The first-order chi connectivity index (χ1) is 14.9. The molecule has 3 heterocycles. The fraction of sp³-hybridized carbons (Fsp3) is 0.381. The highest BCUT2D eigenvalue weighted by Crippen LogP contribution is 2.21. The maximum absolute atomic E-state index is 12.6. The normalized spacial score (nSPS) is 16.3. The number of ether oxygens (including phenoxy) is 1. The van der Waals surface area contributed by atoms with Gasteiger partial charge in [-0.05, 0) is 49.1 Å². The Bertz CT molecular complexity index is 1170. The van der Waals surface area contributed by atoms with Crippen molar-refractivity contribution in [2.24, 2.45) is 5.92 Å². The summed E-state index contributed by atoms with van der Waals surface area (Å²) in [5, 5.41) is 6.91. The number of nitrogens with one attached hydrogen (secondary N) is 1. The van der Waals surface area contributed by atoms with Crippen molar-refractivity contribution in [2.75, 3.05) is 30.4 Å². The van der Waals surface area contributed by atoms with Crippen LogP contribution in [0.3, 0.4) is 0 Å². The van der Waals surface area contributed by atoms with Gasteiger partial charge in [0.15, 0.2) is 0 Å². The summed E-state index contributed by atoms with van der Waals surface area (Å²) in [4.78, 5) is 43.2. The van der Waals surface area contributed by atoms with E-state index in [4.69, 9.17) is 0 Å². The van der Waals surface area contributed by atoms with E-state index in [9.17, 15) is 14.4 Å². The summed E-state index contributed by atoms with van der Waals surface area (Å²) < 4.78 is 7.06. The van der Waals surface area contributed by atoms with Gasteiger partial charge in [0.2, 0.25) is 5.91 Å². The van der Waals surface area contributed by atoms with Gasteiger partial charge in [0.25, 0.3) is 5.78 Å². The quantitative estimate of drug-likeness (QED) is 0.619. The van der Waals surface area contributed by atoms with E-state index in [-0.39, 0.29) is 12.3 Å². The molecule has 0 aliphatic carbocycles. The molecule has 4 rings (SSSR count). The van der Waals surface area contributed by atoms with Crippen LogP contribution < -0.4 is 15.9 Å². The minimum absolute atomic E-state index is 0.253. The number of piperidine rings is 1. The molecule has 10 nitrogen and oxygen atoms in total. The molecule has 1 N–H and O–H groups in total. The Morgan fingerprint density at radius 3 is 2.71 bits per heavy atom. The predicted octanol–water partition coefficient (Wildman–Crippen LogP) is 1.55. The van der Waals surface area contributed by atoms with Crippen LogP contribution in [0.25, 0.3) is 5.78 Å². The molecular weight excluding hydrogens is 400 g/mol. The minimum Gasteiger partial charge on any atom is -0.465 e. The van der Waals surface area contributed by atoms with Crippen molar-refractivity contribution >= 4 is 29.2 Å². The van der Waals surface area contributed by atoms with E-state index < -0.39 is 17.6 Å². The standard InChI is InChI=1S/C21H24N6O4/c1-14-4-3-10-25(12-14)17-9-11-26-20(23-17)24-27(21(26)30)13-18(28)22-16-7-5-15(6-8-16)19(29)31-2/h5-9,11,14H,3-4,10,12-13H2,1-2H3,(H,22,28). The average Bonchev–Trinajstić information content (AvgIpc) is 3.08. The highest BCUT2D eigenvalue weighted by molar-refractivity contribution is 5.92. The first kappa shape index (κ1) is 20.6. The Labute approximate surface area is 178 Å². The first-order valence-electron chi connectivity index (χ1n) is 10.1. The second kappa shape index (κ2) is 8.58. The van der Waals surface area contributed by atoms with Gasteiger partial charge >= 0.3 is 11.7 Å². The number of nitrogens with zero attached hydrogens (tertiary/aromatic N) is 5. The SMILES string of the molecule is COC(=O)c1ccc(NC(=O)Cn2nc3nc(N4CCCC(C)C4)ccn3c2=O)cc1. The fourth-order valence-electron chi connectivity index (χ4n) is 3.72. The van der Waals surface area contributed by atoms with Gasteiger partial charge in [0.05, 0.1) is 12.7 Å². The van der Waals surface area contributed by atoms with Crippen molar-refractivity contribution in [3.8, 4) is 0 Å². The molecule has 10 heteroatoms. The maximum atomic E-state index is 12.6. The summed E-state index contributed by atoms with van der Waals surface area (Å²) in [5.74, 6) is 0.764. The van der Waals surface area contributed by atoms with Crippen molar-refractivity contribution < 1.29 is 14.3 Å². The van der Waals surface area contributed by atoms with Crippen LogP contribution in [0.5, 0.6) is 0 Å². The molecule has 1 saturated heterocycles. The lowest BCUT2D eigenvalue weighted by Crippen LogP contribution is -2.34. The van der Waals surface area contributed by atoms with Crippen LogP contribution in [-0.2, 0) is 16.1 Å². The van der Waals surface area contributed by atoms with E-state index >= 15 is 0 Å². The minimum atomic E-state index is -0.458. The molecule has 2 aromatic heterocycles. The molecule has 3 aromatic rings. The van der Waals surface area contributed by atoms with Crippen LogP contribution in [-0.4, -0.2) is 51.2 Å². The van der Waals surface area contributed by atoms with Crippen LogP contribution in [0.15, 0.2) is 41.3 Å². The number of esters is 1. The van der Waals surface area contributed by atoms with Crippen LogP contribution in [0.2, 0.25) is 0 Å². The molecule has 1 aliphatic heterocycles. The van der Waals surface area contributed by atoms with Gasteiger partial charge in [-0.2, -0.15) is 4.98 Å². The van der Waals surface area contributed by atoms with Gasteiger partial charge in [0, 0.05) is 25.0 Å². The van der Waals surface area contributed by atoms with Crippen molar-refractivity contribution in [1.82, 2.24) is 19.2 Å². The third-order valence-electron chi connectivity index (χ3n) is 5.30. The molecule has 1 fully saturated rings. The Kier molecular flexibility index (Phi) is 5.70. The summed E-state index contributed by atoms with van der Waals surface area (Å²) >= 11 is 0. The first-order valence-corrected chi connectivity index (χ1v) is 10.1. The van der Waals surface area contributed by atoms with E-state index in [1.807, 2.05) is 0 Å². The third kappa shape index (κ3) is 4.42. The second-order valence-electron chi connectivity index (χ2n) is 7.71. The van der Waals surface area contributed by atoms with Crippen molar-refractivity contribution in [1.29, 1.82) is 0 Å². The predicted molar refractivity (Wildman–Crippen MR) is 114 cm³/mol. The highest BCUT2D eigenvalue weighted by Gasteiger charge is 2.19. The average molecular weight is 424 g/mol. The van der Waals surface area contributed by atoms with Crippen molar-refractivity contribution in [3.05, 3.63) is 52.6 Å².